The van der Waals surface area contributed by atoms with Crippen LogP contribution in [-0.4, -0.2) is 23.0 Å². The van der Waals surface area contributed by atoms with E-state index in [1.807, 2.05) is 32.0 Å². The van der Waals surface area contributed by atoms with Gasteiger partial charge in [-0.3, -0.25) is 0 Å². The summed E-state index contributed by atoms with van der Waals surface area (Å²) in [6.45, 7) is 6.31. The Hall–Kier alpha value is -2.93. The minimum absolute atomic E-state index is 0.237. The molecule has 0 aliphatic carbocycles. The first-order valence-electron chi connectivity index (χ1n) is 9.62. The zero-order chi connectivity index (χ0) is 20.4. The Bertz CT molecular complexity index is 1030. The molecule has 29 heavy (non-hydrogen) atoms. The highest BCUT2D eigenvalue weighted by Crippen LogP contribution is 2.30. The van der Waals surface area contributed by atoms with E-state index >= 15 is 0 Å². The van der Waals surface area contributed by atoms with E-state index in [1.54, 1.807) is 0 Å². The zero-order valence-electron chi connectivity index (χ0n) is 16.5. The lowest BCUT2D eigenvalue weighted by atomic mass is 10.1. The molecule has 7 heteroatoms. The monoisotopic (exact) mass is 399 g/mol. The van der Waals surface area contributed by atoms with Crippen LogP contribution < -0.4 is 14.8 Å². The number of ether oxygens (including phenoxy) is 2. The average molecular weight is 399 g/mol. The van der Waals surface area contributed by atoms with Crippen LogP contribution in [-0.2, 0) is 13.1 Å². The highest BCUT2D eigenvalue weighted by molar-refractivity contribution is 5.43. The van der Waals surface area contributed by atoms with Crippen molar-refractivity contribution in [2.75, 3.05) is 13.2 Å². The standard InChI is InChI=1S/C22H23F2N3O2/c1-14-18(15(2)27(26-14)20-6-5-17(23)11-19(20)24)13-25-12-16-4-7-21-22(10-16)29-9-3-8-28-21/h4-7,10-11,25H,3,8-9,12-13H2,1-2H3. The number of nitrogens with zero attached hydrogens (tertiary/aromatic N) is 2. The van der Waals surface area contributed by atoms with Gasteiger partial charge in [-0.15, -0.1) is 0 Å². The second kappa shape index (κ2) is 8.21. The molecule has 0 atom stereocenters. The summed E-state index contributed by atoms with van der Waals surface area (Å²) in [5, 5.41) is 7.85. The van der Waals surface area contributed by atoms with Crippen LogP contribution in [0.25, 0.3) is 5.69 Å². The van der Waals surface area contributed by atoms with Crippen molar-refractivity contribution in [3.63, 3.8) is 0 Å². The fourth-order valence-electron chi connectivity index (χ4n) is 3.47. The van der Waals surface area contributed by atoms with Crippen molar-refractivity contribution in [2.45, 2.75) is 33.4 Å². The van der Waals surface area contributed by atoms with E-state index in [4.69, 9.17) is 9.47 Å². The Morgan fingerprint density at radius 2 is 1.79 bits per heavy atom. The molecule has 0 amide bonds. The molecule has 1 aromatic heterocycles. The van der Waals surface area contributed by atoms with Crippen molar-refractivity contribution in [1.29, 1.82) is 0 Å². The Kier molecular flexibility index (Phi) is 5.49. The second-order valence-corrected chi connectivity index (χ2v) is 7.09. The molecule has 0 saturated carbocycles. The van der Waals surface area contributed by atoms with E-state index in [9.17, 15) is 8.78 Å². The fraction of sp³-hybridized carbons (Fsp3) is 0.318. The van der Waals surface area contributed by atoms with Crippen LogP contribution in [0.15, 0.2) is 36.4 Å². The van der Waals surface area contributed by atoms with Gasteiger partial charge in [0.15, 0.2) is 17.3 Å². The SMILES string of the molecule is Cc1nn(-c2ccc(F)cc2F)c(C)c1CNCc1ccc2c(c1)OCCCO2. The Morgan fingerprint density at radius 3 is 2.59 bits per heavy atom. The molecule has 0 spiro atoms. The number of hydrogen-bond acceptors (Lipinski definition) is 4. The summed E-state index contributed by atoms with van der Waals surface area (Å²) >= 11 is 0. The van der Waals surface area contributed by atoms with Gasteiger partial charge in [0.25, 0.3) is 0 Å². The van der Waals surface area contributed by atoms with Crippen molar-refractivity contribution < 1.29 is 18.3 Å². The van der Waals surface area contributed by atoms with Gasteiger partial charge in [0.05, 0.1) is 18.9 Å². The number of hydrogen-bond donors (Lipinski definition) is 1. The fourth-order valence-corrected chi connectivity index (χ4v) is 3.47. The van der Waals surface area contributed by atoms with Crippen LogP contribution in [0.2, 0.25) is 0 Å². The maximum atomic E-state index is 14.2. The third-order valence-corrected chi connectivity index (χ3v) is 5.02. The van der Waals surface area contributed by atoms with Gasteiger partial charge in [-0.05, 0) is 43.7 Å². The van der Waals surface area contributed by atoms with Gasteiger partial charge in [-0.25, -0.2) is 13.5 Å². The predicted molar refractivity (Wildman–Crippen MR) is 106 cm³/mol. The molecule has 5 nitrogen and oxygen atoms in total. The third kappa shape index (κ3) is 4.10. The molecule has 2 aromatic carbocycles. The molecule has 4 rings (SSSR count). The first kappa shape index (κ1) is 19.4. The van der Waals surface area contributed by atoms with Crippen molar-refractivity contribution in [1.82, 2.24) is 15.1 Å². The molecule has 0 radical (unpaired) electrons. The molecule has 0 fully saturated rings. The second-order valence-electron chi connectivity index (χ2n) is 7.09. The van der Waals surface area contributed by atoms with E-state index < -0.39 is 11.6 Å². The molecule has 1 N–H and O–H groups in total. The molecule has 1 aliphatic heterocycles. The summed E-state index contributed by atoms with van der Waals surface area (Å²) in [5.41, 5.74) is 3.93. The van der Waals surface area contributed by atoms with Crippen molar-refractivity contribution >= 4 is 0 Å². The number of aromatic nitrogens is 2. The smallest absolute Gasteiger partial charge is 0.161 e. The molecular weight excluding hydrogens is 376 g/mol. The van der Waals surface area contributed by atoms with E-state index in [-0.39, 0.29) is 5.69 Å². The quantitative estimate of drug-likeness (QED) is 0.698. The molecule has 152 valence electrons. The zero-order valence-corrected chi connectivity index (χ0v) is 16.5. The third-order valence-electron chi connectivity index (χ3n) is 5.02. The number of fused-ring (bicyclic) bond motifs is 1. The minimum atomic E-state index is -0.637. The number of nitrogens with one attached hydrogen (secondary N) is 1. The minimum Gasteiger partial charge on any atom is -0.490 e. The van der Waals surface area contributed by atoms with E-state index in [0.29, 0.717) is 26.3 Å². The van der Waals surface area contributed by atoms with Gasteiger partial charge < -0.3 is 14.8 Å². The maximum absolute atomic E-state index is 14.2. The average Bonchev–Trinajstić information content (AvgIpc) is 2.86. The molecule has 0 saturated heterocycles. The molecular formula is C22H23F2N3O2. The predicted octanol–water partition coefficient (Wildman–Crippen LogP) is 4.22. The van der Waals surface area contributed by atoms with Gasteiger partial charge in [0.1, 0.15) is 11.5 Å². The van der Waals surface area contributed by atoms with Gasteiger partial charge in [-0.1, -0.05) is 6.07 Å². The molecule has 1 aliphatic rings. The number of rotatable bonds is 5. The normalized spacial score (nSPS) is 13.4. The first-order chi connectivity index (χ1) is 14.0. The summed E-state index contributed by atoms with van der Waals surface area (Å²) in [7, 11) is 0. The van der Waals surface area contributed by atoms with Crippen LogP contribution in [0.4, 0.5) is 8.78 Å². The molecule has 0 bridgehead atoms. The largest absolute Gasteiger partial charge is 0.490 e. The Balaban J connectivity index is 1.47. The van der Waals surface area contributed by atoms with Gasteiger partial charge in [0.2, 0.25) is 0 Å². The number of halogens is 2. The maximum Gasteiger partial charge on any atom is 0.161 e. The van der Waals surface area contributed by atoms with Gasteiger partial charge >= 0.3 is 0 Å². The van der Waals surface area contributed by atoms with Crippen LogP contribution in [0, 0.1) is 25.5 Å². The van der Waals surface area contributed by atoms with E-state index in [2.05, 4.69) is 10.4 Å². The first-order valence-corrected chi connectivity index (χ1v) is 9.62. The van der Waals surface area contributed by atoms with Crippen LogP contribution >= 0.6 is 0 Å². The summed E-state index contributed by atoms with van der Waals surface area (Å²) in [5.74, 6) is 0.307. The highest BCUT2D eigenvalue weighted by atomic mass is 19.1. The van der Waals surface area contributed by atoms with E-state index in [1.165, 1.54) is 16.8 Å². The summed E-state index contributed by atoms with van der Waals surface area (Å²) in [6, 6.07) is 9.44. The highest BCUT2D eigenvalue weighted by Gasteiger charge is 2.16. The summed E-state index contributed by atoms with van der Waals surface area (Å²) in [6.07, 6.45) is 0.874. The van der Waals surface area contributed by atoms with Crippen LogP contribution in [0.1, 0.15) is 28.9 Å². The number of aryl methyl sites for hydroxylation is 1. The van der Waals surface area contributed by atoms with E-state index in [0.717, 1.165) is 46.5 Å². The lowest BCUT2D eigenvalue weighted by molar-refractivity contribution is 0.297. The van der Waals surface area contributed by atoms with Crippen molar-refractivity contribution in [2.24, 2.45) is 0 Å². The van der Waals surface area contributed by atoms with Crippen LogP contribution in [0.5, 0.6) is 11.5 Å². The van der Waals surface area contributed by atoms with Crippen LogP contribution in [0.3, 0.4) is 0 Å². The lowest BCUT2D eigenvalue weighted by Gasteiger charge is -2.11. The van der Waals surface area contributed by atoms with Crippen molar-refractivity contribution in [3.05, 3.63) is 70.5 Å². The molecule has 3 aromatic rings. The molecule has 2 heterocycles. The summed E-state index contributed by atoms with van der Waals surface area (Å²) < 4.78 is 40.3. The Morgan fingerprint density at radius 1 is 1.00 bits per heavy atom. The number of benzene rings is 2. The van der Waals surface area contributed by atoms with Crippen molar-refractivity contribution in [3.8, 4) is 17.2 Å². The lowest BCUT2D eigenvalue weighted by Crippen LogP contribution is -2.14. The van der Waals surface area contributed by atoms with Gasteiger partial charge in [0, 0.05) is 36.8 Å². The summed E-state index contributed by atoms with van der Waals surface area (Å²) in [4.78, 5) is 0. The molecule has 0 unspecified atom stereocenters. The van der Waals surface area contributed by atoms with Gasteiger partial charge in [-0.2, -0.15) is 5.10 Å². The Labute approximate surface area is 168 Å². The topological polar surface area (TPSA) is 48.3 Å².